The van der Waals surface area contributed by atoms with Crippen molar-refractivity contribution in [1.29, 1.82) is 0 Å². The van der Waals surface area contributed by atoms with Crippen molar-refractivity contribution in [3.8, 4) is 11.3 Å². The highest BCUT2D eigenvalue weighted by atomic mass is 32.2. The predicted octanol–water partition coefficient (Wildman–Crippen LogP) is 3.81. The van der Waals surface area contributed by atoms with Gasteiger partial charge in [0.15, 0.2) is 0 Å². The van der Waals surface area contributed by atoms with E-state index in [0.717, 1.165) is 28.2 Å². The third kappa shape index (κ3) is 3.30. The van der Waals surface area contributed by atoms with Crippen LogP contribution in [0.25, 0.3) is 11.3 Å². The third-order valence-corrected chi connectivity index (χ3v) is 6.57. The van der Waals surface area contributed by atoms with Gasteiger partial charge in [0.1, 0.15) is 4.21 Å². The zero-order valence-corrected chi connectivity index (χ0v) is 14.5. The molecule has 0 aliphatic heterocycles. The molecule has 3 aromatic rings. The summed E-state index contributed by atoms with van der Waals surface area (Å²) >= 11 is 1.30. The number of aryl methyl sites for hydroxylation is 2. The van der Waals surface area contributed by atoms with Crippen LogP contribution in [0, 0.1) is 6.92 Å². The lowest BCUT2D eigenvalue weighted by Gasteiger charge is -2.08. The van der Waals surface area contributed by atoms with Crippen LogP contribution < -0.4 is 4.72 Å². The first kappa shape index (κ1) is 15.8. The number of hydrogen-bond donors (Lipinski definition) is 2. The molecule has 0 aliphatic rings. The zero-order valence-electron chi connectivity index (χ0n) is 12.8. The molecule has 1 aromatic carbocycles. The lowest BCUT2D eigenvalue weighted by molar-refractivity contribution is 0.603. The van der Waals surface area contributed by atoms with Crippen molar-refractivity contribution < 1.29 is 8.42 Å². The van der Waals surface area contributed by atoms with Crippen molar-refractivity contribution in [3.05, 3.63) is 53.3 Å². The molecule has 0 spiro atoms. The highest BCUT2D eigenvalue weighted by Gasteiger charge is 2.17. The Morgan fingerprint density at radius 2 is 2.09 bits per heavy atom. The summed E-state index contributed by atoms with van der Waals surface area (Å²) in [7, 11) is -3.56. The molecule has 0 bridgehead atoms. The van der Waals surface area contributed by atoms with Crippen LogP contribution in [0.4, 0.5) is 5.69 Å². The summed E-state index contributed by atoms with van der Waals surface area (Å²) in [6.45, 7) is 3.93. The van der Waals surface area contributed by atoms with Gasteiger partial charge in [-0.15, -0.1) is 11.3 Å². The minimum atomic E-state index is -3.56. The molecule has 0 saturated carbocycles. The predicted molar refractivity (Wildman–Crippen MR) is 93.3 cm³/mol. The Labute approximate surface area is 139 Å². The van der Waals surface area contributed by atoms with Crippen molar-refractivity contribution >= 4 is 27.0 Å². The van der Waals surface area contributed by atoms with E-state index in [4.69, 9.17) is 0 Å². The summed E-state index contributed by atoms with van der Waals surface area (Å²) < 4.78 is 27.9. The minimum absolute atomic E-state index is 0.329. The number of H-pyrrole nitrogens is 1. The van der Waals surface area contributed by atoms with E-state index in [-0.39, 0.29) is 0 Å². The van der Waals surface area contributed by atoms with Crippen molar-refractivity contribution in [1.82, 2.24) is 9.97 Å². The van der Waals surface area contributed by atoms with Gasteiger partial charge in [0.05, 0.1) is 12.0 Å². The molecule has 120 valence electrons. The normalized spacial score (nSPS) is 11.6. The van der Waals surface area contributed by atoms with Crippen molar-refractivity contribution in [2.75, 3.05) is 4.72 Å². The Kier molecular flexibility index (Phi) is 4.23. The van der Waals surface area contributed by atoms with E-state index in [1.807, 2.05) is 32.0 Å². The molecule has 2 N–H and O–H groups in total. The van der Waals surface area contributed by atoms with E-state index < -0.39 is 10.0 Å². The summed E-state index contributed by atoms with van der Waals surface area (Å²) in [6.07, 6.45) is 2.45. The highest BCUT2D eigenvalue weighted by Crippen LogP contribution is 2.27. The van der Waals surface area contributed by atoms with Crippen molar-refractivity contribution in [3.63, 3.8) is 0 Å². The molecular weight excluding hydrogens is 330 g/mol. The van der Waals surface area contributed by atoms with Crippen LogP contribution in [0.1, 0.15) is 17.5 Å². The summed E-state index contributed by atoms with van der Waals surface area (Å²) in [5.74, 6) is 0. The Balaban J connectivity index is 1.89. The molecule has 0 radical (unpaired) electrons. The van der Waals surface area contributed by atoms with E-state index in [1.165, 1.54) is 11.3 Å². The average Bonchev–Trinajstić information content (AvgIpc) is 3.16. The maximum atomic E-state index is 12.5. The van der Waals surface area contributed by atoms with Gasteiger partial charge in [0.25, 0.3) is 10.0 Å². The monoisotopic (exact) mass is 347 g/mol. The molecule has 3 rings (SSSR count). The Morgan fingerprint density at radius 3 is 2.74 bits per heavy atom. The van der Waals surface area contributed by atoms with Gasteiger partial charge >= 0.3 is 0 Å². The van der Waals surface area contributed by atoms with Crippen molar-refractivity contribution in [2.24, 2.45) is 0 Å². The van der Waals surface area contributed by atoms with Gasteiger partial charge in [-0.2, -0.15) is 0 Å². The number of aromatic amines is 1. The zero-order chi connectivity index (χ0) is 16.4. The highest BCUT2D eigenvalue weighted by molar-refractivity contribution is 7.94. The molecule has 2 aromatic heterocycles. The number of anilines is 1. The molecular formula is C16H17N3O2S2. The van der Waals surface area contributed by atoms with E-state index in [9.17, 15) is 8.42 Å². The van der Waals surface area contributed by atoms with Crippen LogP contribution in [-0.4, -0.2) is 18.4 Å². The number of nitrogens with one attached hydrogen (secondary N) is 2. The van der Waals surface area contributed by atoms with Gasteiger partial charge in [0, 0.05) is 21.8 Å². The number of rotatable bonds is 5. The Morgan fingerprint density at radius 1 is 1.26 bits per heavy atom. The quantitative estimate of drug-likeness (QED) is 0.737. The number of thiophene rings is 1. The second kappa shape index (κ2) is 6.17. The second-order valence-electron chi connectivity index (χ2n) is 5.14. The number of aromatic nitrogens is 2. The van der Waals surface area contributed by atoms with Crippen LogP contribution in [0.5, 0.6) is 0 Å². The number of benzene rings is 1. The van der Waals surface area contributed by atoms with Crippen molar-refractivity contribution in [2.45, 2.75) is 24.5 Å². The van der Waals surface area contributed by atoms with Crippen LogP contribution in [0.2, 0.25) is 0 Å². The topological polar surface area (TPSA) is 74.8 Å². The standard InChI is InChI=1S/C16H17N3O2S2/c1-3-14-7-8-15(22-14)23(20,21)19-13-6-4-5-12(9-13)16-11(2)17-10-18-16/h4-10,19H,3H2,1-2H3,(H,17,18). The Bertz CT molecular complexity index is 926. The van der Waals surface area contributed by atoms with E-state index in [0.29, 0.717) is 9.90 Å². The van der Waals surface area contributed by atoms with Gasteiger partial charge < -0.3 is 4.98 Å². The lowest BCUT2D eigenvalue weighted by atomic mass is 10.1. The fourth-order valence-electron chi connectivity index (χ4n) is 2.28. The van der Waals surface area contributed by atoms with E-state index >= 15 is 0 Å². The fourth-order valence-corrected chi connectivity index (χ4v) is 4.62. The molecule has 0 aliphatic carbocycles. The third-order valence-electron chi connectivity index (χ3n) is 3.47. The first-order chi connectivity index (χ1) is 11.0. The number of sulfonamides is 1. The maximum Gasteiger partial charge on any atom is 0.271 e. The van der Waals surface area contributed by atoms with Crippen LogP contribution in [-0.2, 0) is 16.4 Å². The van der Waals surface area contributed by atoms with Gasteiger partial charge in [-0.3, -0.25) is 4.72 Å². The molecule has 0 saturated heterocycles. The first-order valence-electron chi connectivity index (χ1n) is 7.21. The molecule has 2 heterocycles. The summed E-state index contributed by atoms with van der Waals surface area (Å²) in [5.41, 5.74) is 3.15. The lowest BCUT2D eigenvalue weighted by Crippen LogP contribution is -2.11. The smallest absolute Gasteiger partial charge is 0.271 e. The van der Waals surface area contributed by atoms with Gasteiger partial charge in [-0.05, 0) is 37.6 Å². The summed E-state index contributed by atoms with van der Waals surface area (Å²) in [5, 5.41) is 0. The Hall–Kier alpha value is -2.12. The van der Waals surface area contributed by atoms with E-state index in [1.54, 1.807) is 24.5 Å². The fraction of sp³-hybridized carbons (Fsp3) is 0.188. The maximum absolute atomic E-state index is 12.5. The van der Waals surface area contributed by atoms with Crippen LogP contribution in [0.15, 0.2) is 46.9 Å². The molecule has 0 fully saturated rings. The molecule has 5 nitrogen and oxygen atoms in total. The average molecular weight is 347 g/mol. The summed E-state index contributed by atoms with van der Waals surface area (Å²) in [4.78, 5) is 8.33. The molecule has 0 atom stereocenters. The first-order valence-corrected chi connectivity index (χ1v) is 9.51. The van der Waals surface area contributed by atoms with Gasteiger partial charge in [-0.25, -0.2) is 13.4 Å². The molecule has 7 heteroatoms. The number of nitrogens with zero attached hydrogens (tertiary/aromatic N) is 1. The summed E-state index contributed by atoms with van der Waals surface area (Å²) in [6, 6.07) is 10.7. The number of hydrogen-bond acceptors (Lipinski definition) is 4. The van der Waals surface area contributed by atoms with Crippen LogP contribution in [0.3, 0.4) is 0 Å². The largest absolute Gasteiger partial charge is 0.348 e. The number of imidazole rings is 1. The van der Waals surface area contributed by atoms with Gasteiger partial charge in [0.2, 0.25) is 0 Å². The molecule has 0 unspecified atom stereocenters. The van der Waals surface area contributed by atoms with Crippen LogP contribution >= 0.6 is 11.3 Å². The molecule has 0 amide bonds. The van der Waals surface area contributed by atoms with E-state index in [2.05, 4.69) is 14.7 Å². The SMILES string of the molecule is CCc1ccc(S(=O)(=O)Nc2cccc(-c3nc[nH]c3C)c2)s1. The second-order valence-corrected chi connectivity index (χ2v) is 8.21. The minimum Gasteiger partial charge on any atom is -0.348 e. The van der Waals surface area contributed by atoms with Gasteiger partial charge in [-0.1, -0.05) is 19.1 Å². The molecule has 23 heavy (non-hydrogen) atoms.